The summed E-state index contributed by atoms with van der Waals surface area (Å²) in [6.07, 6.45) is -7.79. The predicted octanol–water partition coefficient (Wildman–Crippen LogP) is 0.864. The Kier molecular flexibility index (Phi) is 9.26. The number of nitrogens with two attached hydrogens (primary N) is 1. The number of alkyl halides is 6. The minimum Gasteiger partial charge on any atom is -0.480 e. The molecule has 4 rings (SSSR count). The number of rotatable bonds is 3. The van der Waals surface area contributed by atoms with Gasteiger partial charge < -0.3 is 31.3 Å². The summed E-state index contributed by atoms with van der Waals surface area (Å²) in [5.74, 6) is -4.29. The SMILES string of the molecule is NC1CC(N[C@H]2CC(=O)N(c3ccc4c(n3)NC(=O)CO4)C2)C1.O=C(O)C(F)(F)F.O=C(O)C(F)(F)F. The van der Waals surface area contributed by atoms with Gasteiger partial charge in [0.05, 0.1) is 0 Å². The van der Waals surface area contributed by atoms with E-state index in [1.807, 2.05) is 0 Å². The van der Waals surface area contributed by atoms with Crippen molar-refractivity contribution in [3.05, 3.63) is 12.1 Å². The molecule has 12 nitrogen and oxygen atoms in total. The number of hydrogen-bond donors (Lipinski definition) is 5. The summed E-state index contributed by atoms with van der Waals surface area (Å²) in [7, 11) is 0. The molecule has 1 aliphatic carbocycles. The van der Waals surface area contributed by atoms with Crippen LogP contribution in [0, 0.1) is 0 Å². The lowest BCUT2D eigenvalue weighted by Gasteiger charge is -2.35. The second kappa shape index (κ2) is 11.6. The molecule has 3 aliphatic rings. The number of hydrogen-bond acceptors (Lipinski definition) is 8. The monoisotopic (exact) mass is 545 g/mol. The number of carbonyl (C=O) groups is 4. The lowest BCUT2D eigenvalue weighted by Crippen LogP contribution is -2.52. The van der Waals surface area contributed by atoms with Crippen LogP contribution in [0.15, 0.2) is 12.1 Å². The number of aromatic nitrogens is 1. The molecule has 2 amide bonds. The van der Waals surface area contributed by atoms with Crippen molar-refractivity contribution in [3.63, 3.8) is 0 Å². The number of halogens is 6. The zero-order chi connectivity index (χ0) is 28.1. The van der Waals surface area contributed by atoms with Crippen LogP contribution in [0.4, 0.5) is 38.0 Å². The zero-order valence-electron chi connectivity index (χ0n) is 18.6. The summed E-state index contributed by atoms with van der Waals surface area (Å²) < 4.78 is 68.8. The van der Waals surface area contributed by atoms with Gasteiger partial charge in [0.25, 0.3) is 5.91 Å². The van der Waals surface area contributed by atoms with E-state index in [0.29, 0.717) is 36.4 Å². The summed E-state index contributed by atoms with van der Waals surface area (Å²) in [6.45, 7) is 0.567. The minimum absolute atomic E-state index is 0.00775. The van der Waals surface area contributed by atoms with Crippen molar-refractivity contribution in [2.75, 3.05) is 23.4 Å². The Labute approximate surface area is 203 Å². The van der Waals surface area contributed by atoms with E-state index in [1.165, 1.54) is 0 Å². The quantitative estimate of drug-likeness (QED) is 0.342. The fraction of sp³-hybridized carbons (Fsp3) is 0.526. The Bertz CT molecular complexity index is 1010. The first-order valence-corrected chi connectivity index (χ1v) is 10.3. The molecule has 0 unspecified atom stereocenters. The molecule has 206 valence electrons. The Hall–Kier alpha value is -3.67. The second-order valence-corrected chi connectivity index (χ2v) is 7.96. The predicted molar refractivity (Wildman–Crippen MR) is 111 cm³/mol. The maximum atomic E-state index is 12.3. The van der Waals surface area contributed by atoms with Crippen molar-refractivity contribution in [2.45, 2.75) is 49.7 Å². The van der Waals surface area contributed by atoms with Gasteiger partial charge in [-0.1, -0.05) is 0 Å². The van der Waals surface area contributed by atoms with E-state index in [0.717, 1.165) is 12.8 Å². The van der Waals surface area contributed by atoms with Crippen LogP contribution in [-0.4, -0.2) is 82.6 Å². The van der Waals surface area contributed by atoms with E-state index in [-0.39, 0.29) is 30.5 Å². The molecule has 1 saturated carbocycles. The molecule has 0 spiro atoms. The van der Waals surface area contributed by atoms with Crippen LogP contribution >= 0.6 is 0 Å². The van der Waals surface area contributed by atoms with Crippen LogP contribution in [0.5, 0.6) is 5.75 Å². The average molecular weight is 545 g/mol. The topological polar surface area (TPSA) is 184 Å². The molecule has 0 aromatic carbocycles. The largest absolute Gasteiger partial charge is 0.490 e. The Balaban J connectivity index is 0.000000286. The number of carboxylic acids is 2. The molecule has 1 aromatic rings. The highest BCUT2D eigenvalue weighted by molar-refractivity contribution is 5.97. The van der Waals surface area contributed by atoms with Gasteiger partial charge in [0, 0.05) is 31.1 Å². The van der Waals surface area contributed by atoms with Gasteiger partial charge in [-0.3, -0.25) is 14.5 Å². The molecule has 1 atom stereocenters. The van der Waals surface area contributed by atoms with Crippen molar-refractivity contribution in [2.24, 2.45) is 5.73 Å². The van der Waals surface area contributed by atoms with E-state index in [4.69, 9.17) is 30.3 Å². The third kappa shape index (κ3) is 8.74. The van der Waals surface area contributed by atoms with Gasteiger partial charge in [0.15, 0.2) is 18.2 Å². The highest BCUT2D eigenvalue weighted by Crippen LogP contribution is 2.30. The standard InChI is InChI=1S/C15H19N5O3.2C2HF3O2/c16-8-3-9(4-8)17-10-5-14(22)20(6-10)12-2-1-11-15(18-12)19-13(21)7-23-11;2*3-2(4,5)1(6)7/h1-2,8-10,17H,3-7,16H2,(H,18,19,21);2*(H,6,7)/t8?,9?,10-;;/m0../s1. The van der Waals surface area contributed by atoms with E-state index >= 15 is 0 Å². The summed E-state index contributed by atoms with van der Waals surface area (Å²) >= 11 is 0. The van der Waals surface area contributed by atoms with E-state index in [2.05, 4.69) is 15.6 Å². The van der Waals surface area contributed by atoms with Crippen molar-refractivity contribution >= 4 is 35.4 Å². The van der Waals surface area contributed by atoms with Crippen LogP contribution in [0.2, 0.25) is 0 Å². The minimum atomic E-state index is -5.08. The van der Waals surface area contributed by atoms with E-state index < -0.39 is 24.3 Å². The molecule has 2 fully saturated rings. The van der Waals surface area contributed by atoms with Crippen LogP contribution in [-0.2, 0) is 19.2 Å². The lowest BCUT2D eigenvalue weighted by atomic mass is 9.87. The number of carboxylic acid groups (broad SMARTS) is 2. The molecule has 2 aliphatic heterocycles. The number of nitrogens with one attached hydrogen (secondary N) is 2. The van der Waals surface area contributed by atoms with Gasteiger partial charge in [0.2, 0.25) is 5.91 Å². The first kappa shape index (κ1) is 29.6. The molecule has 1 saturated heterocycles. The molecule has 18 heteroatoms. The fourth-order valence-corrected chi connectivity index (χ4v) is 3.28. The van der Waals surface area contributed by atoms with E-state index in [9.17, 15) is 35.9 Å². The zero-order valence-corrected chi connectivity index (χ0v) is 18.6. The molecule has 37 heavy (non-hydrogen) atoms. The lowest BCUT2D eigenvalue weighted by molar-refractivity contribution is -0.193. The van der Waals surface area contributed by atoms with Crippen molar-refractivity contribution in [3.8, 4) is 5.75 Å². The average Bonchev–Trinajstić information content (AvgIpc) is 3.11. The maximum Gasteiger partial charge on any atom is 0.490 e. The van der Waals surface area contributed by atoms with Gasteiger partial charge >= 0.3 is 24.3 Å². The van der Waals surface area contributed by atoms with Crippen molar-refractivity contribution in [1.29, 1.82) is 0 Å². The molecular formula is C19H21F6N5O7. The number of ether oxygens (including phenoxy) is 1. The van der Waals surface area contributed by atoms with E-state index in [1.54, 1.807) is 17.0 Å². The van der Waals surface area contributed by atoms with Crippen LogP contribution in [0.1, 0.15) is 19.3 Å². The highest BCUT2D eigenvalue weighted by Gasteiger charge is 2.39. The first-order valence-electron chi connectivity index (χ1n) is 10.3. The number of aliphatic carboxylic acids is 2. The molecular weight excluding hydrogens is 524 g/mol. The third-order valence-electron chi connectivity index (χ3n) is 4.99. The smallest absolute Gasteiger partial charge is 0.480 e. The first-order chi connectivity index (χ1) is 17.0. The Morgan fingerprint density at radius 3 is 2.08 bits per heavy atom. The molecule has 3 heterocycles. The molecule has 1 aromatic heterocycles. The van der Waals surface area contributed by atoms with Gasteiger partial charge in [-0.05, 0) is 25.0 Å². The Morgan fingerprint density at radius 2 is 1.59 bits per heavy atom. The molecule has 0 radical (unpaired) electrons. The number of fused-ring (bicyclic) bond motifs is 1. The summed E-state index contributed by atoms with van der Waals surface area (Å²) in [5.41, 5.74) is 5.79. The molecule has 0 bridgehead atoms. The van der Waals surface area contributed by atoms with Crippen LogP contribution in [0.3, 0.4) is 0 Å². The molecule has 6 N–H and O–H groups in total. The summed E-state index contributed by atoms with van der Waals surface area (Å²) in [4.78, 5) is 47.5. The van der Waals surface area contributed by atoms with Gasteiger partial charge in [-0.25, -0.2) is 14.6 Å². The second-order valence-electron chi connectivity index (χ2n) is 7.96. The highest BCUT2D eigenvalue weighted by atomic mass is 19.4. The Morgan fingerprint density at radius 1 is 1.05 bits per heavy atom. The number of anilines is 2. The van der Waals surface area contributed by atoms with Crippen LogP contribution in [0.25, 0.3) is 0 Å². The maximum absolute atomic E-state index is 12.3. The summed E-state index contributed by atoms with van der Waals surface area (Å²) in [5, 5.41) is 20.4. The van der Waals surface area contributed by atoms with Gasteiger partial charge in [0.1, 0.15) is 5.82 Å². The number of amides is 2. The van der Waals surface area contributed by atoms with Gasteiger partial charge in [-0.2, -0.15) is 26.3 Å². The number of nitrogens with zero attached hydrogens (tertiary/aromatic N) is 2. The normalized spacial score (nSPS) is 22.7. The summed E-state index contributed by atoms with van der Waals surface area (Å²) in [6, 6.07) is 4.29. The number of carbonyl (C=O) groups excluding carboxylic acids is 2. The van der Waals surface area contributed by atoms with Crippen molar-refractivity contribution < 1.29 is 60.5 Å². The van der Waals surface area contributed by atoms with Gasteiger partial charge in [-0.15, -0.1) is 0 Å². The fourth-order valence-electron chi connectivity index (χ4n) is 3.28. The van der Waals surface area contributed by atoms with Crippen molar-refractivity contribution in [1.82, 2.24) is 10.3 Å². The number of pyridine rings is 1. The third-order valence-corrected chi connectivity index (χ3v) is 4.99. The van der Waals surface area contributed by atoms with Crippen LogP contribution < -0.4 is 26.0 Å².